The predicted molar refractivity (Wildman–Crippen MR) is 92.4 cm³/mol. The second-order valence-corrected chi connectivity index (χ2v) is 5.96. The van der Waals surface area contributed by atoms with Crippen LogP contribution in [-0.4, -0.2) is 20.9 Å². The normalized spacial score (nSPS) is 11.1. The number of benzene rings is 3. The predicted octanol–water partition coefficient (Wildman–Crippen LogP) is 2.94. The minimum atomic E-state index is 0.0193. The summed E-state index contributed by atoms with van der Waals surface area (Å²) in [6.45, 7) is 0. The van der Waals surface area contributed by atoms with Crippen molar-refractivity contribution in [1.82, 2.24) is 4.57 Å². The highest BCUT2D eigenvalue weighted by Gasteiger charge is 2.11. The van der Waals surface area contributed by atoms with Crippen molar-refractivity contribution in [3.05, 3.63) is 83.2 Å². The van der Waals surface area contributed by atoms with E-state index < -0.39 is 0 Å². The van der Waals surface area contributed by atoms with Gasteiger partial charge in [-0.3, -0.25) is 9.36 Å². The third-order valence-electron chi connectivity index (χ3n) is 3.95. The van der Waals surface area contributed by atoms with Crippen LogP contribution in [0.1, 0.15) is 0 Å². The average Bonchev–Trinajstić information content (AvgIpc) is 2.57. The second-order valence-electron chi connectivity index (χ2n) is 5.29. The number of hydrogen-bond acceptors (Lipinski definition) is 1. The van der Waals surface area contributed by atoms with E-state index in [0.717, 1.165) is 31.8 Å². The first kappa shape index (κ1) is 13.3. The van der Waals surface area contributed by atoms with Crippen molar-refractivity contribution in [2.24, 2.45) is 0 Å². The molecule has 0 aliphatic rings. The van der Waals surface area contributed by atoms with Crippen molar-refractivity contribution < 1.29 is 0 Å². The van der Waals surface area contributed by atoms with E-state index in [-0.39, 0.29) is 5.56 Å². The number of aromatic nitrogens is 1. The maximum Gasteiger partial charge on any atom is 0.263 e. The second kappa shape index (κ2) is 5.14. The van der Waals surface area contributed by atoms with Crippen LogP contribution in [-0.2, 0) is 0 Å². The van der Waals surface area contributed by atoms with Crippen LogP contribution in [0.25, 0.3) is 27.4 Å². The van der Waals surface area contributed by atoms with E-state index in [1.54, 1.807) is 4.57 Å². The number of nitrogens with zero attached hydrogens (tertiary/aromatic N) is 1. The SMILES string of the molecule is O=c1c2ccccc2c2ccccc2n1-c1cc[c]([Al])cc1. The molecular weight excluding hydrogens is 285 g/mol. The smallest absolute Gasteiger partial charge is 0.263 e. The Hall–Kier alpha value is -2.34. The Kier molecular flexibility index (Phi) is 3.11. The van der Waals surface area contributed by atoms with Crippen LogP contribution in [0.5, 0.6) is 0 Å². The van der Waals surface area contributed by atoms with Gasteiger partial charge in [0.05, 0.1) is 5.52 Å². The van der Waals surface area contributed by atoms with Gasteiger partial charge in [0.25, 0.3) is 5.56 Å². The van der Waals surface area contributed by atoms with E-state index in [4.69, 9.17) is 0 Å². The van der Waals surface area contributed by atoms with Crippen molar-refractivity contribution in [3.63, 3.8) is 0 Å². The minimum Gasteiger partial charge on any atom is -0.276 e. The number of hydrogen-bond donors (Lipinski definition) is 0. The molecule has 0 N–H and O–H groups in total. The Morgan fingerprint density at radius 3 is 2.00 bits per heavy atom. The molecule has 2 nitrogen and oxygen atoms in total. The maximum absolute atomic E-state index is 13.0. The zero-order valence-electron chi connectivity index (χ0n) is 11.9. The van der Waals surface area contributed by atoms with Gasteiger partial charge in [0, 0.05) is 16.5 Å². The Bertz CT molecular complexity index is 1050. The van der Waals surface area contributed by atoms with Gasteiger partial charge in [-0.1, -0.05) is 48.5 Å². The van der Waals surface area contributed by atoms with Crippen LogP contribution < -0.4 is 9.98 Å². The van der Waals surface area contributed by atoms with E-state index in [2.05, 4.69) is 22.4 Å². The Morgan fingerprint density at radius 2 is 1.27 bits per heavy atom. The molecule has 0 spiro atoms. The lowest BCUT2D eigenvalue weighted by Gasteiger charge is -2.13. The van der Waals surface area contributed by atoms with Gasteiger partial charge in [-0.25, -0.2) is 0 Å². The zero-order chi connectivity index (χ0) is 15.1. The fourth-order valence-electron chi connectivity index (χ4n) is 2.91. The summed E-state index contributed by atoms with van der Waals surface area (Å²) in [6, 6.07) is 23.8. The summed E-state index contributed by atoms with van der Waals surface area (Å²) in [5.41, 5.74) is 1.84. The molecule has 22 heavy (non-hydrogen) atoms. The Morgan fingerprint density at radius 1 is 0.682 bits per heavy atom. The average molecular weight is 297 g/mol. The molecule has 102 valence electrons. The molecule has 0 saturated heterocycles. The van der Waals surface area contributed by atoms with Crippen molar-refractivity contribution in [2.75, 3.05) is 0 Å². The molecule has 0 unspecified atom stereocenters. The maximum atomic E-state index is 13.0. The van der Waals surface area contributed by atoms with Crippen molar-refractivity contribution in [2.45, 2.75) is 0 Å². The quantitative estimate of drug-likeness (QED) is 0.391. The van der Waals surface area contributed by atoms with E-state index in [1.807, 2.05) is 66.7 Å². The summed E-state index contributed by atoms with van der Waals surface area (Å²) in [5.74, 6) is 0. The molecule has 2 radical (unpaired) electrons. The van der Waals surface area contributed by atoms with E-state index in [0.29, 0.717) is 0 Å². The van der Waals surface area contributed by atoms with Crippen LogP contribution in [0.4, 0.5) is 0 Å². The lowest BCUT2D eigenvalue weighted by molar-refractivity contribution is 1.06. The van der Waals surface area contributed by atoms with Crippen molar-refractivity contribution in [3.8, 4) is 5.69 Å². The first-order valence-electron chi connectivity index (χ1n) is 7.14. The van der Waals surface area contributed by atoms with Gasteiger partial charge in [0.2, 0.25) is 0 Å². The number of para-hydroxylation sites is 1. The molecule has 0 saturated carbocycles. The lowest BCUT2D eigenvalue weighted by Crippen LogP contribution is -2.19. The van der Waals surface area contributed by atoms with Crippen LogP contribution in [0.15, 0.2) is 77.6 Å². The van der Waals surface area contributed by atoms with Crippen LogP contribution in [0, 0.1) is 0 Å². The van der Waals surface area contributed by atoms with Crippen molar-refractivity contribution >= 4 is 42.4 Å². The van der Waals surface area contributed by atoms with Gasteiger partial charge in [0.1, 0.15) is 0 Å². The summed E-state index contributed by atoms with van der Waals surface area (Å²) in [6.07, 6.45) is 0. The lowest BCUT2D eigenvalue weighted by atomic mass is 10.1. The summed E-state index contributed by atoms with van der Waals surface area (Å²) >= 11 is 2.67. The molecule has 1 aromatic heterocycles. The molecule has 1 heterocycles. The Balaban J connectivity index is 2.23. The number of pyridine rings is 1. The summed E-state index contributed by atoms with van der Waals surface area (Å²) in [5, 5.41) is 2.84. The van der Waals surface area contributed by atoms with Crippen LogP contribution >= 0.6 is 0 Å². The van der Waals surface area contributed by atoms with Gasteiger partial charge < -0.3 is 0 Å². The number of fused-ring (bicyclic) bond motifs is 3. The monoisotopic (exact) mass is 297 g/mol. The third-order valence-corrected chi connectivity index (χ3v) is 4.33. The number of rotatable bonds is 1. The molecule has 0 amide bonds. The van der Waals surface area contributed by atoms with E-state index in [9.17, 15) is 4.79 Å². The topological polar surface area (TPSA) is 22.0 Å². The largest absolute Gasteiger partial charge is 0.276 e. The Labute approximate surface area is 136 Å². The molecular formula is C19H12AlNO. The van der Waals surface area contributed by atoms with Gasteiger partial charge >= 0.3 is 0 Å². The van der Waals surface area contributed by atoms with Crippen LogP contribution in [0.2, 0.25) is 0 Å². The standard InChI is InChI=1S/C19H12NO.Al/c21-19-17-12-5-4-10-15(17)16-11-6-7-13-18(16)20(19)14-8-2-1-3-9-14;/h2-13H;. The van der Waals surface area contributed by atoms with Crippen LogP contribution in [0.3, 0.4) is 0 Å². The highest BCUT2D eigenvalue weighted by Crippen LogP contribution is 2.24. The molecule has 0 bridgehead atoms. The van der Waals surface area contributed by atoms with Gasteiger partial charge in [-0.05, 0) is 29.7 Å². The van der Waals surface area contributed by atoms with Gasteiger partial charge in [0.15, 0.2) is 16.3 Å². The fraction of sp³-hybridized carbons (Fsp3) is 0. The fourth-order valence-corrected chi connectivity index (χ4v) is 3.10. The summed E-state index contributed by atoms with van der Waals surface area (Å²) < 4.78 is 2.89. The summed E-state index contributed by atoms with van der Waals surface area (Å²) in [7, 11) is 0. The highest BCUT2D eigenvalue weighted by molar-refractivity contribution is 6.32. The van der Waals surface area contributed by atoms with E-state index in [1.165, 1.54) is 0 Å². The van der Waals surface area contributed by atoms with Crippen molar-refractivity contribution in [1.29, 1.82) is 0 Å². The van der Waals surface area contributed by atoms with Gasteiger partial charge in [-0.15, -0.1) is 4.43 Å². The molecule has 0 fully saturated rings. The molecule has 0 atom stereocenters. The van der Waals surface area contributed by atoms with E-state index >= 15 is 0 Å². The highest BCUT2D eigenvalue weighted by atomic mass is 27.0. The van der Waals surface area contributed by atoms with Gasteiger partial charge in [-0.2, -0.15) is 0 Å². The molecule has 4 rings (SSSR count). The zero-order valence-corrected chi connectivity index (χ0v) is 13.0. The minimum absolute atomic E-state index is 0.0193. The molecule has 3 aromatic carbocycles. The first-order valence-corrected chi connectivity index (χ1v) is 7.72. The third kappa shape index (κ3) is 1.99. The first-order chi connectivity index (χ1) is 10.8. The summed E-state index contributed by atoms with van der Waals surface area (Å²) in [4.78, 5) is 13.0. The molecule has 3 heteroatoms. The molecule has 4 aromatic rings. The molecule has 0 aliphatic heterocycles. The molecule has 0 aliphatic carbocycles.